The molecule has 112 valence electrons. The van der Waals surface area contributed by atoms with Crippen molar-refractivity contribution >= 4 is 17.5 Å². The summed E-state index contributed by atoms with van der Waals surface area (Å²) in [6, 6.07) is 3.14. The predicted octanol–water partition coefficient (Wildman–Crippen LogP) is 1.81. The van der Waals surface area contributed by atoms with Crippen LogP contribution >= 0.6 is 0 Å². The summed E-state index contributed by atoms with van der Waals surface area (Å²) in [5.74, 6) is 0.132. The van der Waals surface area contributed by atoms with Gasteiger partial charge < -0.3 is 4.90 Å². The van der Waals surface area contributed by atoms with Gasteiger partial charge >= 0.3 is 0 Å². The van der Waals surface area contributed by atoms with Crippen LogP contribution in [0.4, 0.5) is 5.69 Å². The van der Waals surface area contributed by atoms with Crippen LogP contribution in [0, 0.1) is 13.8 Å². The van der Waals surface area contributed by atoms with Gasteiger partial charge in [-0.3, -0.25) is 19.5 Å². The molecule has 3 heterocycles. The monoisotopic (exact) mass is 287 g/mol. The molecule has 2 aliphatic rings. The first kappa shape index (κ1) is 14.0. The number of carbonyl (C=O) groups excluding carboxylic acids is 2. The number of hydrogen-bond donors (Lipinski definition) is 0. The molecule has 2 fully saturated rings. The summed E-state index contributed by atoms with van der Waals surface area (Å²) in [6.45, 7) is 6.49. The van der Waals surface area contributed by atoms with Gasteiger partial charge in [0.15, 0.2) is 0 Å². The highest BCUT2D eigenvalue weighted by atomic mass is 16.2. The fourth-order valence-corrected chi connectivity index (χ4v) is 3.48. The fraction of sp³-hybridized carbons (Fsp3) is 0.562. The number of aryl methyl sites for hydroxylation is 2. The second-order valence-corrected chi connectivity index (χ2v) is 5.88. The molecule has 0 aromatic carbocycles. The number of aromatic nitrogens is 1. The number of rotatable bonds is 2. The van der Waals surface area contributed by atoms with Crippen molar-refractivity contribution in [3.8, 4) is 0 Å². The Labute approximate surface area is 124 Å². The molecule has 0 bridgehead atoms. The van der Waals surface area contributed by atoms with Gasteiger partial charge in [0.05, 0.1) is 11.4 Å². The highest BCUT2D eigenvalue weighted by molar-refractivity contribution is 6.08. The van der Waals surface area contributed by atoms with Crippen molar-refractivity contribution in [2.75, 3.05) is 11.4 Å². The summed E-state index contributed by atoms with van der Waals surface area (Å²) < 4.78 is 0. The summed E-state index contributed by atoms with van der Waals surface area (Å²) in [4.78, 5) is 33.4. The lowest BCUT2D eigenvalue weighted by molar-refractivity contribution is -0.144. The smallest absolute Gasteiger partial charge is 0.250 e. The minimum atomic E-state index is -0.393. The number of carbonyl (C=O) groups is 2. The average Bonchev–Trinajstić information content (AvgIpc) is 2.93. The Morgan fingerprint density at radius 3 is 2.67 bits per heavy atom. The van der Waals surface area contributed by atoms with E-state index >= 15 is 0 Å². The molecule has 1 aromatic heterocycles. The van der Waals surface area contributed by atoms with E-state index in [9.17, 15) is 9.59 Å². The molecule has 0 radical (unpaired) electrons. The maximum atomic E-state index is 12.9. The van der Waals surface area contributed by atoms with Crippen molar-refractivity contribution in [1.29, 1.82) is 0 Å². The Kier molecular flexibility index (Phi) is 3.43. The molecule has 3 rings (SSSR count). The van der Waals surface area contributed by atoms with Gasteiger partial charge in [-0.15, -0.1) is 0 Å². The Morgan fingerprint density at radius 2 is 2.00 bits per heavy atom. The van der Waals surface area contributed by atoms with Crippen LogP contribution in [0.1, 0.15) is 37.6 Å². The van der Waals surface area contributed by atoms with Crippen molar-refractivity contribution in [2.45, 2.75) is 52.1 Å². The first-order chi connectivity index (χ1) is 10.0. The summed E-state index contributed by atoms with van der Waals surface area (Å²) in [5.41, 5.74) is 2.50. The van der Waals surface area contributed by atoms with Crippen LogP contribution < -0.4 is 4.90 Å². The molecule has 2 atom stereocenters. The molecule has 0 saturated carbocycles. The maximum absolute atomic E-state index is 12.9. The zero-order valence-electron chi connectivity index (χ0n) is 12.8. The number of pyridine rings is 1. The van der Waals surface area contributed by atoms with E-state index in [-0.39, 0.29) is 17.9 Å². The van der Waals surface area contributed by atoms with Crippen LogP contribution in [-0.4, -0.2) is 40.3 Å². The Hall–Kier alpha value is -1.91. The van der Waals surface area contributed by atoms with Gasteiger partial charge in [-0.25, -0.2) is 0 Å². The molecule has 2 unspecified atom stereocenters. The number of amides is 2. The first-order valence-corrected chi connectivity index (χ1v) is 7.62. The molecule has 2 aliphatic heterocycles. The molecule has 21 heavy (non-hydrogen) atoms. The first-order valence-electron chi connectivity index (χ1n) is 7.62. The van der Waals surface area contributed by atoms with Crippen LogP contribution in [-0.2, 0) is 9.59 Å². The number of hydrogen-bond acceptors (Lipinski definition) is 3. The zero-order chi connectivity index (χ0) is 15.1. The van der Waals surface area contributed by atoms with Crippen LogP contribution in [0.25, 0.3) is 0 Å². The zero-order valence-corrected chi connectivity index (χ0v) is 12.8. The third kappa shape index (κ3) is 2.11. The third-order valence-electron chi connectivity index (χ3n) is 4.50. The van der Waals surface area contributed by atoms with Crippen molar-refractivity contribution in [1.82, 2.24) is 9.88 Å². The van der Waals surface area contributed by atoms with Gasteiger partial charge in [-0.05, 0) is 45.2 Å². The highest BCUT2D eigenvalue weighted by Gasteiger charge is 2.47. The van der Waals surface area contributed by atoms with Crippen molar-refractivity contribution in [2.24, 2.45) is 0 Å². The molecule has 0 aliphatic carbocycles. The van der Waals surface area contributed by atoms with Gasteiger partial charge in [0.25, 0.3) is 5.91 Å². The molecule has 5 nitrogen and oxygen atoms in total. The van der Waals surface area contributed by atoms with Crippen molar-refractivity contribution in [3.63, 3.8) is 0 Å². The highest BCUT2D eigenvalue weighted by Crippen LogP contribution is 2.32. The molecular weight excluding hydrogens is 266 g/mol. The molecule has 2 saturated heterocycles. The van der Waals surface area contributed by atoms with Gasteiger partial charge in [0.2, 0.25) is 5.91 Å². The van der Waals surface area contributed by atoms with E-state index in [1.807, 2.05) is 32.9 Å². The van der Waals surface area contributed by atoms with E-state index in [1.165, 1.54) is 0 Å². The van der Waals surface area contributed by atoms with Crippen molar-refractivity contribution in [3.05, 3.63) is 23.5 Å². The van der Waals surface area contributed by atoms with E-state index in [2.05, 4.69) is 4.98 Å². The van der Waals surface area contributed by atoms with Gasteiger partial charge in [-0.1, -0.05) is 6.92 Å². The third-order valence-corrected chi connectivity index (χ3v) is 4.50. The largest absolute Gasteiger partial charge is 0.329 e. The van der Waals surface area contributed by atoms with Gasteiger partial charge in [0, 0.05) is 12.2 Å². The Balaban J connectivity index is 2.05. The average molecular weight is 287 g/mol. The number of nitrogens with zero attached hydrogens (tertiary/aromatic N) is 3. The number of anilines is 1. The van der Waals surface area contributed by atoms with Crippen molar-refractivity contribution < 1.29 is 9.59 Å². The lowest BCUT2D eigenvalue weighted by Crippen LogP contribution is -2.63. The maximum Gasteiger partial charge on any atom is 0.250 e. The van der Waals surface area contributed by atoms with Crippen LogP contribution in [0.2, 0.25) is 0 Å². The SMILES string of the molecule is CCC1C(=O)N2CCCC2C(=O)N1c1ccc(C)nc1C. The molecule has 0 N–H and O–H groups in total. The van der Waals surface area contributed by atoms with E-state index in [0.29, 0.717) is 13.0 Å². The summed E-state index contributed by atoms with van der Waals surface area (Å²) in [7, 11) is 0. The second-order valence-electron chi connectivity index (χ2n) is 5.88. The van der Waals surface area contributed by atoms with Crippen LogP contribution in [0.3, 0.4) is 0 Å². The molecule has 2 amide bonds. The topological polar surface area (TPSA) is 53.5 Å². The minimum absolute atomic E-state index is 0.0488. The summed E-state index contributed by atoms with van der Waals surface area (Å²) in [5, 5.41) is 0. The molecule has 1 aromatic rings. The molecular formula is C16H21N3O2. The Bertz CT molecular complexity index is 599. The fourth-order valence-electron chi connectivity index (χ4n) is 3.48. The number of fused-ring (bicyclic) bond motifs is 1. The standard InChI is InChI=1S/C16H21N3O2/c1-4-12-15(20)18-9-5-6-14(18)16(21)19(12)13-8-7-10(2)17-11(13)3/h7-8,12,14H,4-6,9H2,1-3H3. The van der Waals surface area contributed by atoms with E-state index < -0.39 is 6.04 Å². The van der Waals surface area contributed by atoms with Gasteiger partial charge in [-0.2, -0.15) is 0 Å². The normalized spacial score (nSPS) is 25.5. The lowest BCUT2D eigenvalue weighted by atomic mass is 10.0. The lowest BCUT2D eigenvalue weighted by Gasteiger charge is -2.42. The summed E-state index contributed by atoms with van der Waals surface area (Å²) in [6.07, 6.45) is 2.31. The quantitative estimate of drug-likeness (QED) is 0.833. The number of piperazine rings is 1. The van der Waals surface area contributed by atoms with Crippen LogP contribution in [0.5, 0.6) is 0 Å². The molecule has 5 heteroatoms. The minimum Gasteiger partial charge on any atom is -0.329 e. The van der Waals surface area contributed by atoms with Crippen LogP contribution in [0.15, 0.2) is 12.1 Å². The second kappa shape index (κ2) is 5.13. The van der Waals surface area contributed by atoms with E-state index in [0.717, 1.165) is 29.9 Å². The predicted molar refractivity (Wildman–Crippen MR) is 80.0 cm³/mol. The summed E-state index contributed by atoms with van der Waals surface area (Å²) >= 11 is 0. The molecule has 0 spiro atoms. The van der Waals surface area contributed by atoms with E-state index in [4.69, 9.17) is 0 Å². The van der Waals surface area contributed by atoms with E-state index in [1.54, 1.807) is 9.80 Å². The Morgan fingerprint density at radius 1 is 1.24 bits per heavy atom. The van der Waals surface area contributed by atoms with Gasteiger partial charge in [0.1, 0.15) is 12.1 Å².